The number of nitrogens with zero attached hydrogens (tertiary/aromatic N) is 2. The number of hydrogen-bond donors (Lipinski definition) is 1. The second-order valence-corrected chi connectivity index (χ2v) is 3.71. The van der Waals surface area contributed by atoms with Gasteiger partial charge in [-0.2, -0.15) is 0 Å². The first-order valence-corrected chi connectivity index (χ1v) is 5.04. The number of aryl methyl sites for hydroxylation is 1. The van der Waals surface area contributed by atoms with Crippen molar-refractivity contribution in [1.82, 2.24) is 9.38 Å². The molecular weight excluding hydrogens is 202 g/mol. The molecule has 4 heteroatoms. The first-order chi connectivity index (χ1) is 7.75. The fraction of sp³-hybridized carbons (Fsp3) is 0.0833. The van der Waals surface area contributed by atoms with Gasteiger partial charge in [0.15, 0.2) is 5.76 Å². The minimum Gasteiger partial charge on any atom is -0.463 e. The van der Waals surface area contributed by atoms with E-state index in [0.717, 1.165) is 28.5 Å². The molecule has 0 bridgehead atoms. The third-order valence-electron chi connectivity index (χ3n) is 2.63. The molecule has 2 N–H and O–H groups in total. The summed E-state index contributed by atoms with van der Waals surface area (Å²) in [7, 11) is 0. The Balaban J connectivity index is 2.32. The molecule has 0 fully saturated rings. The van der Waals surface area contributed by atoms with Crippen LogP contribution in [0.15, 0.2) is 41.1 Å². The Hall–Kier alpha value is -2.23. The molecule has 4 nitrogen and oxygen atoms in total. The topological polar surface area (TPSA) is 56.5 Å². The van der Waals surface area contributed by atoms with Crippen LogP contribution in [0.5, 0.6) is 0 Å². The smallest absolute Gasteiger partial charge is 0.154 e. The van der Waals surface area contributed by atoms with Crippen molar-refractivity contribution in [3.05, 3.63) is 42.4 Å². The van der Waals surface area contributed by atoms with E-state index < -0.39 is 0 Å². The predicted molar refractivity (Wildman–Crippen MR) is 62.0 cm³/mol. The minimum absolute atomic E-state index is 0.721. The zero-order chi connectivity index (χ0) is 11.1. The average Bonchev–Trinajstić information content (AvgIpc) is 2.87. The molecule has 0 atom stereocenters. The lowest BCUT2D eigenvalue weighted by Gasteiger charge is -1.97. The third kappa shape index (κ3) is 1.20. The lowest BCUT2D eigenvalue weighted by Crippen LogP contribution is -1.91. The molecule has 0 spiro atoms. The van der Waals surface area contributed by atoms with Crippen molar-refractivity contribution in [3.8, 4) is 11.5 Å². The first-order valence-electron chi connectivity index (χ1n) is 5.04. The lowest BCUT2D eigenvalue weighted by molar-refractivity contribution is 0.580. The average molecular weight is 213 g/mol. The number of anilines is 1. The second kappa shape index (κ2) is 3.13. The number of rotatable bonds is 1. The van der Waals surface area contributed by atoms with Crippen LogP contribution in [-0.4, -0.2) is 9.38 Å². The standard InChI is InChI=1S/C12H11N3O/c1-8-12(10-3-2-6-16-10)14-11-5-4-9(13)7-15(8)11/h2-7H,13H2,1H3. The van der Waals surface area contributed by atoms with Crippen molar-refractivity contribution in [1.29, 1.82) is 0 Å². The Kier molecular flexibility index (Phi) is 1.77. The molecule has 0 saturated heterocycles. The highest BCUT2D eigenvalue weighted by Gasteiger charge is 2.11. The summed E-state index contributed by atoms with van der Waals surface area (Å²) in [5.74, 6) is 0.778. The van der Waals surface area contributed by atoms with Crippen LogP contribution in [0.2, 0.25) is 0 Å². The number of aromatic nitrogens is 2. The highest BCUT2D eigenvalue weighted by Crippen LogP contribution is 2.24. The summed E-state index contributed by atoms with van der Waals surface area (Å²) in [4.78, 5) is 4.51. The van der Waals surface area contributed by atoms with Gasteiger partial charge in [-0.05, 0) is 31.2 Å². The van der Waals surface area contributed by atoms with Gasteiger partial charge in [0.2, 0.25) is 0 Å². The molecule has 0 saturated carbocycles. The number of imidazole rings is 1. The molecule has 0 aliphatic heterocycles. The first kappa shape index (κ1) is 9.03. The molecule has 80 valence electrons. The quantitative estimate of drug-likeness (QED) is 0.675. The molecule has 0 aliphatic carbocycles. The van der Waals surface area contributed by atoms with E-state index in [1.165, 1.54) is 0 Å². The van der Waals surface area contributed by atoms with E-state index in [4.69, 9.17) is 10.2 Å². The fourth-order valence-electron chi connectivity index (χ4n) is 1.83. The number of nitrogens with two attached hydrogens (primary N) is 1. The largest absolute Gasteiger partial charge is 0.463 e. The third-order valence-corrected chi connectivity index (χ3v) is 2.63. The summed E-state index contributed by atoms with van der Waals surface area (Å²) in [6.07, 6.45) is 3.51. The zero-order valence-electron chi connectivity index (χ0n) is 8.84. The van der Waals surface area contributed by atoms with Crippen LogP contribution in [0.25, 0.3) is 17.1 Å². The molecule has 0 aliphatic rings. The molecule has 16 heavy (non-hydrogen) atoms. The molecule has 3 rings (SSSR count). The molecule has 3 aromatic rings. The number of hydrogen-bond acceptors (Lipinski definition) is 3. The van der Waals surface area contributed by atoms with Crippen molar-refractivity contribution in [2.45, 2.75) is 6.92 Å². The molecule has 0 aromatic carbocycles. The van der Waals surface area contributed by atoms with Gasteiger partial charge >= 0.3 is 0 Å². The van der Waals surface area contributed by atoms with Gasteiger partial charge in [0.25, 0.3) is 0 Å². The van der Waals surface area contributed by atoms with Gasteiger partial charge in [-0.1, -0.05) is 0 Å². The van der Waals surface area contributed by atoms with Crippen LogP contribution in [-0.2, 0) is 0 Å². The van der Waals surface area contributed by atoms with Gasteiger partial charge in [0.1, 0.15) is 11.3 Å². The van der Waals surface area contributed by atoms with E-state index >= 15 is 0 Å². The molecule has 0 amide bonds. The van der Waals surface area contributed by atoms with Crippen LogP contribution < -0.4 is 5.73 Å². The summed E-state index contributed by atoms with van der Waals surface area (Å²) in [6.45, 7) is 2.00. The Labute approximate surface area is 92.3 Å². The SMILES string of the molecule is Cc1c(-c2ccco2)nc2ccc(N)cn12. The summed E-state index contributed by atoms with van der Waals surface area (Å²) in [5.41, 5.74) is 9.23. The van der Waals surface area contributed by atoms with Crippen molar-refractivity contribution in [2.24, 2.45) is 0 Å². The fourth-order valence-corrected chi connectivity index (χ4v) is 1.83. The van der Waals surface area contributed by atoms with Gasteiger partial charge in [-0.3, -0.25) is 0 Å². The number of fused-ring (bicyclic) bond motifs is 1. The highest BCUT2D eigenvalue weighted by atomic mass is 16.3. The van der Waals surface area contributed by atoms with E-state index in [9.17, 15) is 0 Å². The van der Waals surface area contributed by atoms with Crippen LogP contribution in [0.3, 0.4) is 0 Å². The lowest BCUT2D eigenvalue weighted by atomic mass is 10.3. The van der Waals surface area contributed by atoms with Crippen molar-refractivity contribution < 1.29 is 4.42 Å². The van der Waals surface area contributed by atoms with Gasteiger partial charge in [0.05, 0.1) is 12.0 Å². The van der Waals surface area contributed by atoms with E-state index in [2.05, 4.69) is 4.98 Å². The van der Waals surface area contributed by atoms with Gasteiger partial charge < -0.3 is 14.6 Å². The predicted octanol–water partition coefficient (Wildman–Crippen LogP) is 2.48. The van der Waals surface area contributed by atoms with E-state index in [0.29, 0.717) is 0 Å². The Morgan fingerprint density at radius 1 is 1.31 bits per heavy atom. The number of nitrogen functional groups attached to an aromatic ring is 1. The molecular formula is C12H11N3O. The minimum atomic E-state index is 0.721. The Morgan fingerprint density at radius 2 is 2.19 bits per heavy atom. The van der Waals surface area contributed by atoms with E-state index in [1.54, 1.807) is 6.26 Å². The zero-order valence-corrected chi connectivity index (χ0v) is 8.84. The maximum Gasteiger partial charge on any atom is 0.154 e. The molecule has 3 aromatic heterocycles. The van der Waals surface area contributed by atoms with Gasteiger partial charge in [0, 0.05) is 11.9 Å². The second-order valence-electron chi connectivity index (χ2n) is 3.71. The highest BCUT2D eigenvalue weighted by molar-refractivity contribution is 5.63. The van der Waals surface area contributed by atoms with Crippen molar-refractivity contribution in [2.75, 3.05) is 5.73 Å². The molecule has 0 radical (unpaired) electrons. The maximum absolute atomic E-state index is 5.75. The van der Waals surface area contributed by atoms with Crippen LogP contribution in [0.4, 0.5) is 5.69 Å². The van der Waals surface area contributed by atoms with Crippen molar-refractivity contribution in [3.63, 3.8) is 0 Å². The Morgan fingerprint density at radius 3 is 2.94 bits per heavy atom. The van der Waals surface area contributed by atoms with Crippen LogP contribution in [0, 0.1) is 6.92 Å². The monoisotopic (exact) mass is 213 g/mol. The summed E-state index contributed by atoms with van der Waals surface area (Å²) in [6, 6.07) is 7.49. The summed E-state index contributed by atoms with van der Waals surface area (Å²) >= 11 is 0. The molecule has 0 unspecified atom stereocenters. The molecule has 3 heterocycles. The Bertz CT molecular complexity index is 638. The van der Waals surface area contributed by atoms with Crippen LogP contribution >= 0.6 is 0 Å². The van der Waals surface area contributed by atoms with Gasteiger partial charge in [-0.25, -0.2) is 4.98 Å². The number of furan rings is 1. The summed E-state index contributed by atoms with van der Waals surface area (Å²) in [5, 5.41) is 0. The van der Waals surface area contributed by atoms with Crippen molar-refractivity contribution >= 4 is 11.3 Å². The van der Waals surface area contributed by atoms with E-state index in [1.807, 2.05) is 41.8 Å². The van der Waals surface area contributed by atoms with Gasteiger partial charge in [-0.15, -0.1) is 0 Å². The van der Waals surface area contributed by atoms with Crippen LogP contribution in [0.1, 0.15) is 5.69 Å². The van der Waals surface area contributed by atoms with E-state index in [-0.39, 0.29) is 0 Å². The number of pyridine rings is 1. The summed E-state index contributed by atoms with van der Waals surface area (Å²) < 4.78 is 7.32. The maximum atomic E-state index is 5.75. The normalized spacial score (nSPS) is 11.1.